The summed E-state index contributed by atoms with van der Waals surface area (Å²) in [6, 6.07) is 13.4. The Balaban J connectivity index is 1.99. The Morgan fingerprint density at radius 1 is 0.957 bits per heavy atom. The fraction of sp³-hybridized carbons (Fsp3) is 0.118. The van der Waals surface area contributed by atoms with E-state index in [1.54, 1.807) is 12.1 Å². The SMILES string of the molecule is Cc1ccc(C)c(-c2nc(N)nc(Nc3ccc(Cl)cc3)n2)c1. The summed E-state index contributed by atoms with van der Waals surface area (Å²) in [5, 5.41) is 3.78. The second kappa shape index (κ2) is 6.22. The summed E-state index contributed by atoms with van der Waals surface area (Å²) in [7, 11) is 0. The molecular formula is C17H16ClN5. The Kier molecular flexibility index (Phi) is 4.12. The van der Waals surface area contributed by atoms with Crippen molar-refractivity contribution in [3.8, 4) is 11.4 Å². The van der Waals surface area contributed by atoms with Crippen molar-refractivity contribution in [3.63, 3.8) is 0 Å². The van der Waals surface area contributed by atoms with Crippen LogP contribution in [-0.2, 0) is 0 Å². The summed E-state index contributed by atoms with van der Waals surface area (Å²) in [6.07, 6.45) is 0. The summed E-state index contributed by atoms with van der Waals surface area (Å²) in [4.78, 5) is 12.9. The Morgan fingerprint density at radius 2 is 1.70 bits per heavy atom. The Bertz CT molecular complexity index is 846. The van der Waals surface area contributed by atoms with E-state index in [4.69, 9.17) is 17.3 Å². The van der Waals surface area contributed by atoms with Gasteiger partial charge in [-0.3, -0.25) is 0 Å². The minimum Gasteiger partial charge on any atom is -0.368 e. The third-order valence-electron chi connectivity index (χ3n) is 3.39. The molecular weight excluding hydrogens is 310 g/mol. The lowest BCUT2D eigenvalue weighted by atomic mass is 10.1. The lowest BCUT2D eigenvalue weighted by Gasteiger charge is -2.09. The predicted molar refractivity (Wildman–Crippen MR) is 93.9 cm³/mol. The van der Waals surface area contributed by atoms with Crippen molar-refractivity contribution in [2.45, 2.75) is 13.8 Å². The maximum Gasteiger partial charge on any atom is 0.232 e. The molecule has 0 aliphatic carbocycles. The molecule has 0 spiro atoms. The van der Waals surface area contributed by atoms with Gasteiger partial charge in [0.2, 0.25) is 11.9 Å². The highest BCUT2D eigenvalue weighted by atomic mass is 35.5. The van der Waals surface area contributed by atoms with E-state index in [0.29, 0.717) is 16.8 Å². The molecule has 0 radical (unpaired) electrons. The summed E-state index contributed by atoms with van der Waals surface area (Å²) >= 11 is 5.89. The molecule has 0 fully saturated rings. The molecule has 5 nitrogen and oxygen atoms in total. The number of nitrogens with zero attached hydrogens (tertiary/aromatic N) is 3. The Labute approximate surface area is 139 Å². The van der Waals surface area contributed by atoms with Gasteiger partial charge in [0, 0.05) is 16.3 Å². The highest BCUT2D eigenvalue weighted by molar-refractivity contribution is 6.30. The molecule has 3 rings (SSSR count). The van der Waals surface area contributed by atoms with Gasteiger partial charge in [0.25, 0.3) is 0 Å². The molecule has 0 saturated heterocycles. The summed E-state index contributed by atoms with van der Waals surface area (Å²) < 4.78 is 0. The summed E-state index contributed by atoms with van der Waals surface area (Å²) in [5.41, 5.74) is 9.83. The maximum absolute atomic E-state index is 5.89. The van der Waals surface area contributed by atoms with Crippen molar-refractivity contribution in [2.24, 2.45) is 0 Å². The third-order valence-corrected chi connectivity index (χ3v) is 3.64. The van der Waals surface area contributed by atoms with E-state index in [0.717, 1.165) is 22.4 Å². The number of rotatable bonds is 3. The van der Waals surface area contributed by atoms with Crippen LogP contribution in [0.25, 0.3) is 11.4 Å². The van der Waals surface area contributed by atoms with Crippen LogP contribution in [0.2, 0.25) is 5.02 Å². The molecule has 1 aromatic heterocycles. The molecule has 0 bridgehead atoms. The molecule has 2 aromatic carbocycles. The number of halogens is 1. The zero-order chi connectivity index (χ0) is 16.4. The zero-order valence-electron chi connectivity index (χ0n) is 12.8. The van der Waals surface area contributed by atoms with Gasteiger partial charge in [-0.25, -0.2) is 0 Å². The van der Waals surface area contributed by atoms with Crippen LogP contribution in [0.5, 0.6) is 0 Å². The number of nitrogens with one attached hydrogen (secondary N) is 1. The molecule has 0 saturated carbocycles. The molecule has 3 N–H and O–H groups in total. The fourth-order valence-electron chi connectivity index (χ4n) is 2.21. The molecule has 0 unspecified atom stereocenters. The monoisotopic (exact) mass is 325 g/mol. The summed E-state index contributed by atoms with van der Waals surface area (Å²) in [6.45, 7) is 4.04. The van der Waals surface area contributed by atoms with Gasteiger partial charge in [0.15, 0.2) is 5.82 Å². The van der Waals surface area contributed by atoms with Gasteiger partial charge in [-0.05, 0) is 49.7 Å². The standard InChI is InChI=1S/C17H16ClN5/c1-10-3-4-11(2)14(9-10)15-21-16(19)23-17(22-15)20-13-7-5-12(18)6-8-13/h3-9H,1-2H3,(H3,19,20,21,22,23). The van der Waals surface area contributed by atoms with E-state index >= 15 is 0 Å². The average molecular weight is 326 g/mol. The van der Waals surface area contributed by atoms with Crippen LogP contribution >= 0.6 is 11.6 Å². The van der Waals surface area contributed by atoms with E-state index in [1.165, 1.54) is 0 Å². The topological polar surface area (TPSA) is 76.7 Å². The van der Waals surface area contributed by atoms with E-state index in [2.05, 4.69) is 26.3 Å². The number of hydrogen-bond donors (Lipinski definition) is 2. The number of nitrogen functional groups attached to an aromatic ring is 1. The van der Waals surface area contributed by atoms with Crippen LogP contribution in [0.15, 0.2) is 42.5 Å². The zero-order valence-corrected chi connectivity index (χ0v) is 13.6. The Morgan fingerprint density at radius 3 is 2.43 bits per heavy atom. The van der Waals surface area contributed by atoms with E-state index in [1.807, 2.05) is 38.1 Å². The first-order valence-electron chi connectivity index (χ1n) is 7.13. The highest BCUT2D eigenvalue weighted by Gasteiger charge is 2.10. The van der Waals surface area contributed by atoms with Gasteiger partial charge in [0.05, 0.1) is 0 Å². The molecule has 6 heteroatoms. The second-order valence-electron chi connectivity index (χ2n) is 5.29. The van der Waals surface area contributed by atoms with Crippen LogP contribution in [-0.4, -0.2) is 15.0 Å². The first kappa shape index (κ1) is 15.2. The van der Waals surface area contributed by atoms with E-state index in [-0.39, 0.29) is 5.95 Å². The normalized spacial score (nSPS) is 10.6. The van der Waals surface area contributed by atoms with Gasteiger partial charge in [-0.2, -0.15) is 15.0 Å². The number of aromatic nitrogens is 3. The fourth-order valence-corrected chi connectivity index (χ4v) is 2.33. The van der Waals surface area contributed by atoms with Crippen molar-refractivity contribution in [3.05, 3.63) is 58.6 Å². The van der Waals surface area contributed by atoms with E-state index < -0.39 is 0 Å². The van der Waals surface area contributed by atoms with Crippen LogP contribution in [0, 0.1) is 13.8 Å². The van der Waals surface area contributed by atoms with Crippen molar-refractivity contribution < 1.29 is 0 Å². The second-order valence-corrected chi connectivity index (χ2v) is 5.73. The number of anilines is 3. The Hall–Kier alpha value is -2.66. The molecule has 23 heavy (non-hydrogen) atoms. The lowest BCUT2D eigenvalue weighted by Crippen LogP contribution is -2.05. The van der Waals surface area contributed by atoms with E-state index in [9.17, 15) is 0 Å². The quantitative estimate of drug-likeness (QED) is 0.757. The maximum atomic E-state index is 5.89. The van der Waals surface area contributed by atoms with Crippen LogP contribution in [0.1, 0.15) is 11.1 Å². The number of hydrogen-bond acceptors (Lipinski definition) is 5. The summed E-state index contributed by atoms with van der Waals surface area (Å²) in [5.74, 6) is 1.12. The molecule has 3 aromatic rings. The minimum atomic E-state index is 0.173. The molecule has 0 aliphatic heterocycles. The van der Waals surface area contributed by atoms with Crippen molar-refractivity contribution in [1.29, 1.82) is 0 Å². The van der Waals surface area contributed by atoms with Gasteiger partial charge in [-0.15, -0.1) is 0 Å². The van der Waals surface area contributed by atoms with Crippen molar-refractivity contribution in [2.75, 3.05) is 11.1 Å². The lowest BCUT2D eigenvalue weighted by molar-refractivity contribution is 1.07. The third kappa shape index (κ3) is 3.57. The molecule has 0 amide bonds. The first-order valence-corrected chi connectivity index (χ1v) is 7.51. The predicted octanol–water partition coefficient (Wildman–Crippen LogP) is 4.13. The average Bonchev–Trinajstić information content (AvgIpc) is 2.51. The van der Waals surface area contributed by atoms with Gasteiger partial charge >= 0.3 is 0 Å². The van der Waals surface area contributed by atoms with Crippen molar-refractivity contribution >= 4 is 29.2 Å². The number of nitrogens with two attached hydrogens (primary N) is 1. The van der Waals surface area contributed by atoms with Crippen molar-refractivity contribution in [1.82, 2.24) is 15.0 Å². The molecule has 1 heterocycles. The first-order chi connectivity index (χ1) is 11.0. The van der Waals surface area contributed by atoms with Crippen LogP contribution < -0.4 is 11.1 Å². The highest BCUT2D eigenvalue weighted by Crippen LogP contribution is 2.24. The minimum absolute atomic E-state index is 0.173. The van der Waals surface area contributed by atoms with Gasteiger partial charge in [-0.1, -0.05) is 29.3 Å². The van der Waals surface area contributed by atoms with Gasteiger partial charge < -0.3 is 11.1 Å². The largest absolute Gasteiger partial charge is 0.368 e. The molecule has 0 atom stereocenters. The van der Waals surface area contributed by atoms with Crippen LogP contribution in [0.4, 0.5) is 17.6 Å². The molecule has 0 aliphatic rings. The van der Waals surface area contributed by atoms with Crippen LogP contribution in [0.3, 0.4) is 0 Å². The molecule has 116 valence electrons. The number of aryl methyl sites for hydroxylation is 2. The van der Waals surface area contributed by atoms with Gasteiger partial charge in [0.1, 0.15) is 0 Å². The smallest absolute Gasteiger partial charge is 0.232 e. The number of benzene rings is 2.